The minimum Gasteiger partial charge on any atom is -0.507 e. The zero-order valence-corrected chi connectivity index (χ0v) is 13.0. The van der Waals surface area contributed by atoms with Crippen molar-refractivity contribution in [2.75, 3.05) is 13.1 Å². The fourth-order valence-electron chi connectivity index (χ4n) is 2.51. The van der Waals surface area contributed by atoms with Gasteiger partial charge in [-0.1, -0.05) is 21.1 Å². The van der Waals surface area contributed by atoms with Crippen LogP contribution in [0.15, 0.2) is 21.1 Å². The first-order valence-electron chi connectivity index (χ1n) is 6.53. The van der Waals surface area contributed by atoms with Crippen molar-refractivity contribution in [1.29, 1.82) is 0 Å². The van der Waals surface area contributed by atoms with Crippen molar-refractivity contribution in [3.8, 4) is 5.75 Å². The number of benzene rings is 1. The lowest BCUT2D eigenvalue weighted by Crippen LogP contribution is -2.44. The molecule has 1 aromatic carbocycles. The second-order valence-electron chi connectivity index (χ2n) is 5.29. The van der Waals surface area contributed by atoms with Gasteiger partial charge in [0.15, 0.2) is 5.82 Å². The molecule has 106 valence electrons. The molecule has 0 saturated carbocycles. The van der Waals surface area contributed by atoms with Gasteiger partial charge in [-0.3, -0.25) is 4.90 Å². The van der Waals surface area contributed by atoms with E-state index in [9.17, 15) is 5.11 Å². The van der Waals surface area contributed by atoms with Gasteiger partial charge in [0.2, 0.25) is 5.89 Å². The van der Waals surface area contributed by atoms with Gasteiger partial charge in [-0.15, -0.1) is 0 Å². The maximum atomic E-state index is 10.1. The number of nitrogens with zero attached hydrogens (tertiary/aromatic N) is 3. The van der Waals surface area contributed by atoms with Crippen molar-refractivity contribution in [3.63, 3.8) is 0 Å². The maximum Gasteiger partial charge on any atom is 0.223 e. The van der Waals surface area contributed by atoms with Crippen molar-refractivity contribution >= 4 is 15.9 Å². The summed E-state index contributed by atoms with van der Waals surface area (Å²) >= 11 is 3.47. The van der Waals surface area contributed by atoms with Crippen LogP contribution >= 0.6 is 15.9 Å². The van der Waals surface area contributed by atoms with Gasteiger partial charge in [0.05, 0.1) is 0 Å². The van der Waals surface area contributed by atoms with Crippen molar-refractivity contribution in [1.82, 2.24) is 15.0 Å². The Morgan fingerprint density at radius 3 is 2.80 bits per heavy atom. The summed E-state index contributed by atoms with van der Waals surface area (Å²) in [6.07, 6.45) is 0. The van der Waals surface area contributed by atoms with Crippen LogP contribution < -0.4 is 0 Å². The summed E-state index contributed by atoms with van der Waals surface area (Å²) in [6, 6.07) is 3.88. The van der Waals surface area contributed by atoms with Crippen LogP contribution in [0.25, 0.3) is 0 Å². The van der Waals surface area contributed by atoms with Crippen molar-refractivity contribution in [2.24, 2.45) is 0 Å². The van der Waals surface area contributed by atoms with Crippen LogP contribution in [-0.2, 0) is 6.54 Å². The monoisotopic (exact) mass is 337 g/mol. The summed E-state index contributed by atoms with van der Waals surface area (Å²) < 4.78 is 5.99. The average molecular weight is 338 g/mol. The number of rotatable bonds is 3. The quantitative estimate of drug-likeness (QED) is 0.932. The first kappa shape index (κ1) is 13.6. The predicted octanol–water partition coefficient (Wildman–Crippen LogP) is 2.75. The van der Waals surface area contributed by atoms with Gasteiger partial charge in [-0.25, -0.2) is 0 Å². The molecule has 0 bridgehead atoms. The lowest BCUT2D eigenvalue weighted by Gasteiger charge is -2.37. The van der Waals surface area contributed by atoms with Crippen molar-refractivity contribution < 1.29 is 9.63 Å². The molecule has 6 heteroatoms. The summed E-state index contributed by atoms with van der Waals surface area (Å²) in [5, 5.41) is 14.0. The fraction of sp³-hybridized carbons (Fsp3) is 0.429. The van der Waals surface area contributed by atoms with Crippen LogP contribution in [0.3, 0.4) is 0 Å². The molecule has 20 heavy (non-hydrogen) atoms. The molecular weight excluding hydrogens is 322 g/mol. The molecule has 0 aliphatic carbocycles. The second-order valence-corrected chi connectivity index (χ2v) is 6.21. The Hall–Kier alpha value is -1.40. The van der Waals surface area contributed by atoms with E-state index >= 15 is 0 Å². The largest absolute Gasteiger partial charge is 0.507 e. The number of aryl methyl sites for hydroxylation is 2. The maximum absolute atomic E-state index is 10.1. The van der Waals surface area contributed by atoms with E-state index in [1.165, 1.54) is 0 Å². The zero-order valence-electron chi connectivity index (χ0n) is 11.4. The summed E-state index contributed by atoms with van der Waals surface area (Å²) in [6.45, 7) is 6.23. The van der Waals surface area contributed by atoms with Crippen LogP contribution in [-0.4, -0.2) is 33.2 Å². The van der Waals surface area contributed by atoms with Crippen LogP contribution in [0.5, 0.6) is 5.75 Å². The molecule has 0 atom stereocenters. The number of aromatic nitrogens is 2. The Labute approximate surface area is 125 Å². The predicted molar refractivity (Wildman–Crippen MR) is 77.6 cm³/mol. The third-order valence-electron chi connectivity index (χ3n) is 3.60. The lowest BCUT2D eigenvalue weighted by atomic mass is 9.98. The number of likely N-dealkylation sites (tertiary alicyclic amines) is 1. The van der Waals surface area contributed by atoms with Gasteiger partial charge in [-0.2, -0.15) is 4.98 Å². The minimum absolute atomic E-state index is 0.336. The first-order valence-corrected chi connectivity index (χ1v) is 7.33. The van der Waals surface area contributed by atoms with E-state index in [1.54, 1.807) is 6.92 Å². The number of phenols is 1. The molecule has 1 aliphatic rings. The normalized spacial score (nSPS) is 16.4. The molecule has 0 radical (unpaired) electrons. The number of phenolic OH excluding ortho intramolecular Hbond substituents is 1. The highest BCUT2D eigenvalue weighted by Gasteiger charge is 2.32. The molecule has 2 aromatic rings. The summed E-state index contributed by atoms with van der Waals surface area (Å²) in [7, 11) is 0. The Bertz CT molecular complexity index is 635. The van der Waals surface area contributed by atoms with E-state index in [0.717, 1.165) is 41.1 Å². The molecule has 1 aromatic heterocycles. The van der Waals surface area contributed by atoms with Gasteiger partial charge in [0, 0.05) is 42.5 Å². The number of hydrogen-bond donors (Lipinski definition) is 1. The Morgan fingerprint density at radius 2 is 2.15 bits per heavy atom. The highest BCUT2D eigenvalue weighted by atomic mass is 79.9. The summed E-state index contributed by atoms with van der Waals surface area (Å²) in [5.74, 6) is 2.11. The van der Waals surface area contributed by atoms with E-state index in [1.807, 2.05) is 19.1 Å². The van der Waals surface area contributed by atoms with E-state index in [-0.39, 0.29) is 0 Å². The summed E-state index contributed by atoms with van der Waals surface area (Å²) in [5.41, 5.74) is 1.83. The molecule has 0 amide bonds. The van der Waals surface area contributed by atoms with Gasteiger partial charge >= 0.3 is 0 Å². The topological polar surface area (TPSA) is 62.4 Å². The van der Waals surface area contributed by atoms with E-state index in [4.69, 9.17) is 4.52 Å². The molecule has 1 N–H and O–H groups in total. The van der Waals surface area contributed by atoms with Gasteiger partial charge < -0.3 is 9.63 Å². The van der Waals surface area contributed by atoms with Gasteiger partial charge in [0.25, 0.3) is 0 Å². The lowest BCUT2D eigenvalue weighted by molar-refractivity contribution is 0.131. The Balaban J connectivity index is 1.64. The molecule has 0 unspecified atom stereocenters. The van der Waals surface area contributed by atoms with E-state index in [0.29, 0.717) is 17.6 Å². The molecule has 2 heterocycles. The third-order valence-corrected chi connectivity index (χ3v) is 4.06. The molecule has 3 rings (SSSR count). The third kappa shape index (κ3) is 2.58. The molecule has 0 spiro atoms. The fourth-order valence-corrected chi connectivity index (χ4v) is 3.13. The Kier molecular flexibility index (Phi) is 3.52. The average Bonchev–Trinajstić information content (AvgIpc) is 2.75. The molecule has 1 saturated heterocycles. The number of halogens is 1. The van der Waals surface area contributed by atoms with Gasteiger partial charge in [-0.05, 0) is 24.6 Å². The van der Waals surface area contributed by atoms with Crippen molar-refractivity contribution in [2.45, 2.75) is 26.3 Å². The molecule has 1 aliphatic heterocycles. The molecule has 5 nitrogen and oxygen atoms in total. The van der Waals surface area contributed by atoms with E-state index in [2.05, 4.69) is 31.0 Å². The van der Waals surface area contributed by atoms with Gasteiger partial charge in [0.1, 0.15) is 5.75 Å². The van der Waals surface area contributed by atoms with Crippen LogP contribution in [0, 0.1) is 13.8 Å². The van der Waals surface area contributed by atoms with E-state index < -0.39 is 0 Å². The highest BCUT2D eigenvalue weighted by molar-refractivity contribution is 9.10. The second kappa shape index (κ2) is 5.18. The zero-order chi connectivity index (χ0) is 14.3. The molecular formula is C14H16BrN3O2. The number of aromatic hydroxyl groups is 1. The van der Waals surface area contributed by atoms with Crippen LogP contribution in [0.4, 0.5) is 0 Å². The standard InChI is InChI=1S/C14H16BrN3O2/c1-8-3-12(15)4-10(13(8)19)5-18-6-11(7-18)14-16-9(2)20-17-14/h3-4,11,19H,5-7H2,1-2H3. The van der Waals surface area contributed by atoms with Crippen LogP contribution in [0.1, 0.15) is 28.8 Å². The Morgan fingerprint density at radius 1 is 1.40 bits per heavy atom. The minimum atomic E-state index is 0.336. The summed E-state index contributed by atoms with van der Waals surface area (Å²) in [4.78, 5) is 6.52. The number of hydrogen-bond acceptors (Lipinski definition) is 5. The smallest absolute Gasteiger partial charge is 0.223 e. The first-order chi connectivity index (χ1) is 9.52. The SMILES string of the molecule is Cc1nc(C2CN(Cc3cc(Br)cc(C)c3O)C2)no1. The molecule has 1 fully saturated rings. The highest BCUT2D eigenvalue weighted by Crippen LogP contribution is 2.31. The van der Waals surface area contributed by atoms with Crippen molar-refractivity contribution in [3.05, 3.63) is 39.4 Å². The van der Waals surface area contributed by atoms with Crippen LogP contribution in [0.2, 0.25) is 0 Å².